The van der Waals surface area contributed by atoms with Gasteiger partial charge < -0.3 is 15.8 Å². The van der Waals surface area contributed by atoms with Crippen LogP contribution in [0.15, 0.2) is 54.6 Å². The SMILES string of the molecule is N=C(N)c1cc2c(OCC(=O)Nc3ccccc3)cccc2s1. The van der Waals surface area contributed by atoms with E-state index in [4.69, 9.17) is 15.9 Å². The van der Waals surface area contributed by atoms with E-state index >= 15 is 0 Å². The Labute approximate surface area is 137 Å². The molecule has 0 bridgehead atoms. The molecule has 0 atom stereocenters. The van der Waals surface area contributed by atoms with E-state index < -0.39 is 0 Å². The molecule has 0 aliphatic carbocycles. The van der Waals surface area contributed by atoms with Crippen LogP contribution in [0.25, 0.3) is 10.1 Å². The van der Waals surface area contributed by atoms with E-state index in [0.29, 0.717) is 10.6 Å². The van der Waals surface area contributed by atoms with Crippen molar-refractivity contribution in [2.45, 2.75) is 0 Å². The van der Waals surface area contributed by atoms with Gasteiger partial charge >= 0.3 is 0 Å². The van der Waals surface area contributed by atoms with Crippen LogP contribution < -0.4 is 15.8 Å². The molecule has 0 saturated heterocycles. The zero-order valence-electron chi connectivity index (χ0n) is 12.2. The van der Waals surface area contributed by atoms with Crippen LogP contribution in [0.4, 0.5) is 5.69 Å². The van der Waals surface area contributed by atoms with Crippen molar-refractivity contribution in [3.8, 4) is 5.75 Å². The summed E-state index contributed by atoms with van der Waals surface area (Å²) in [6.07, 6.45) is 0. The number of amides is 1. The Morgan fingerprint density at radius 3 is 2.70 bits per heavy atom. The van der Waals surface area contributed by atoms with E-state index in [1.807, 2.05) is 48.5 Å². The molecule has 3 rings (SSSR count). The molecule has 0 aliphatic heterocycles. The number of benzene rings is 2. The zero-order valence-corrected chi connectivity index (χ0v) is 13.0. The smallest absolute Gasteiger partial charge is 0.262 e. The molecule has 4 N–H and O–H groups in total. The maximum Gasteiger partial charge on any atom is 0.262 e. The lowest BCUT2D eigenvalue weighted by molar-refractivity contribution is -0.118. The number of anilines is 1. The summed E-state index contributed by atoms with van der Waals surface area (Å²) < 4.78 is 6.60. The van der Waals surface area contributed by atoms with Crippen molar-refractivity contribution in [2.24, 2.45) is 5.73 Å². The molecule has 23 heavy (non-hydrogen) atoms. The molecule has 0 spiro atoms. The molecule has 1 amide bonds. The van der Waals surface area contributed by atoms with Gasteiger partial charge in [0, 0.05) is 15.8 Å². The summed E-state index contributed by atoms with van der Waals surface area (Å²) >= 11 is 1.43. The Bertz CT molecular complexity index is 859. The molecule has 0 saturated carbocycles. The maximum atomic E-state index is 11.9. The van der Waals surface area contributed by atoms with E-state index in [1.165, 1.54) is 11.3 Å². The van der Waals surface area contributed by atoms with Gasteiger partial charge in [-0.2, -0.15) is 0 Å². The van der Waals surface area contributed by atoms with Gasteiger partial charge in [0.2, 0.25) is 0 Å². The highest BCUT2D eigenvalue weighted by atomic mass is 32.1. The fourth-order valence-electron chi connectivity index (χ4n) is 2.15. The van der Waals surface area contributed by atoms with Crippen LogP contribution in [0.1, 0.15) is 4.88 Å². The number of nitrogens with two attached hydrogens (primary N) is 1. The Morgan fingerprint density at radius 1 is 1.17 bits per heavy atom. The molecule has 1 aromatic heterocycles. The summed E-state index contributed by atoms with van der Waals surface area (Å²) in [6.45, 7) is -0.0841. The summed E-state index contributed by atoms with van der Waals surface area (Å²) in [7, 11) is 0. The van der Waals surface area contributed by atoms with Gasteiger partial charge in [-0.25, -0.2) is 0 Å². The number of para-hydroxylation sites is 1. The average molecular weight is 325 g/mol. The van der Waals surface area contributed by atoms with Crippen LogP contribution in [-0.4, -0.2) is 18.3 Å². The Hall–Kier alpha value is -2.86. The van der Waals surface area contributed by atoms with Crippen molar-refractivity contribution >= 4 is 38.9 Å². The van der Waals surface area contributed by atoms with Crippen molar-refractivity contribution < 1.29 is 9.53 Å². The number of hydrogen-bond donors (Lipinski definition) is 3. The van der Waals surface area contributed by atoms with Gasteiger partial charge in [-0.15, -0.1) is 11.3 Å². The lowest BCUT2D eigenvalue weighted by atomic mass is 10.2. The molecule has 6 heteroatoms. The monoisotopic (exact) mass is 325 g/mol. The van der Waals surface area contributed by atoms with E-state index in [1.54, 1.807) is 6.07 Å². The first kappa shape index (κ1) is 15.1. The van der Waals surface area contributed by atoms with Crippen LogP contribution in [0.3, 0.4) is 0 Å². The minimum atomic E-state index is -0.227. The lowest BCUT2D eigenvalue weighted by Crippen LogP contribution is -2.20. The number of thiophene rings is 1. The van der Waals surface area contributed by atoms with Crippen molar-refractivity contribution in [2.75, 3.05) is 11.9 Å². The Balaban J connectivity index is 1.71. The summed E-state index contributed by atoms with van der Waals surface area (Å²) in [5, 5.41) is 11.1. The quantitative estimate of drug-likeness (QED) is 0.497. The molecule has 0 unspecified atom stereocenters. The predicted octanol–water partition coefficient (Wildman–Crippen LogP) is 3.20. The number of nitrogen functional groups attached to an aromatic ring is 1. The highest BCUT2D eigenvalue weighted by molar-refractivity contribution is 7.20. The highest BCUT2D eigenvalue weighted by Crippen LogP contribution is 2.32. The van der Waals surface area contributed by atoms with Crippen molar-refractivity contribution in [1.82, 2.24) is 0 Å². The normalized spacial score (nSPS) is 10.4. The van der Waals surface area contributed by atoms with Gasteiger partial charge in [0.15, 0.2) is 6.61 Å². The highest BCUT2D eigenvalue weighted by Gasteiger charge is 2.10. The topological polar surface area (TPSA) is 88.2 Å². The fourth-order valence-corrected chi connectivity index (χ4v) is 3.09. The number of fused-ring (bicyclic) bond motifs is 1. The summed E-state index contributed by atoms with van der Waals surface area (Å²) in [5.74, 6) is 0.406. The first-order chi connectivity index (χ1) is 11.1. The average Bonchev–Trinajstić information content (AvgIpc) is 2.99. The van der Waals surface area contributed by atoms with Crippen LogP contribution in [0.5, 0.6) is 5.75 Å². The maximum absolute atomic E-state index is 11.9. The molecule has 5 nitrogen and oxygen atoms in total. The van der Waals surface area contributed by atoms with Gasteiger partial charge in [0.05, 0.1) is 4.88 Å². The molecule has 1 heterocycles. The standard InChI is InChI=1S/C17H15N3O2S/c18-17(19)15-9-12-13(7-4-8-14(12)23-15)22-10-16(21)20-11-5-2-1-3-6-11/h1-9H,10H2,(H3,18,19)(H,20,21). The van der Waals surface area contributed by atoms with Gasteiger partial charge in [0.1, 0.15) is 11.6 Å². The first-order valence-electron chi connectivity index (χ1n) is 6.98. The molecule has 0 aliphatic rings. The van der Waals surface area contributed by atoms with Crippen LogP contribution >= 0.6 is 11.3 Å². The second-order valence-corrected chi connectivity index (χ2v) is 5.98. The second-order valence-electron chi connectivity index (χ2n) is 4.90. The lowest BCUT2D eigenvalue weighted by Gasteiger charge is -2.08. The fraction of sp³-hybridized carbons (Fsp3) is 0.0588. The number of amidine groups is 1. The van der Waals surface area contributed by atoms with E-state index in [-0.39, 0.29) is 18.3 Å². The van der Waals surface area contributed by atoms with Gasteiger partial charge in [-0.1, -0.05) is 24.3 Å². The summed E-state index contributed by atoms with van der Waals surface area (Å²) in [5.41, 5.74) is 6.25. The Morgan fingerprint density at radius 2 is 1.96 bits per heavy atom. The van der Waals surface area contributed by atoms with Crippen LogP contribution in [-0.2, 0) is 4.79 Å². The van der Waals surface area contributed by atoms with Gasteiger partial charge in [-0.3, -0.25) is 10.2 Å². The van der Waals surface area contributed by atoms with Gasteiger partial charge in [-0.05, 0) is 30.3 Å². The van der Waals surface area contributed by atoms with Crippen molar-refractivity contribution in [3.63, 3.8) is 0 Å². The number of ether oxygens (including phenoxy) is 1. The number of nitrogens with one attached hydrogen (secondary N) is 2. The number of hydrogen-bond acceptors (Lipinski definition) is 4. The van der Waals surface area contributed by atoms with Crippen molar-refractivity contribution in [1.29, 1.82) is 5.41 Å². The largest absolute Gasteiger partial charge is 0.483 e. The first-order valence-corrected chi connectivity index (χ1v) is 7.80. The molecule has 0 fully saturated rings. The van der Waals surface area contributed by atoms with E-state index in [0.717, 1.165) is 15.8 Å². The molecule has 116 valence electrons. The minimum absolute atomic E-state index is 0.0268. The van der Waals surface area contributed by atoms with Crippen LogP contribution in [0, 0.1) is 5.41 Å². The third-order valence-electron chi connectivity index (χ3n) is 3.20. The zero-order chi connectivity index (χ0) is 16.2. The number of carbonyl (C=O) groups is 1. The molecular formula is C17H15N3O2S. The molecule has 0 radical (unpaired) electrons. The molecular weight excluding hydrogens is 310 g/mol. The van der Waals surface area contributed by atoms with E-state index in [9.17, 15) is 4.79 Å². The third kappa shape index (κ3) is 3.49. The minimum Gasteiger partial charge on any atom is -0.483 e. The Kier molecular flexibility index (Phi) is 4.25. The van der Waals surface area contributed by atoms with Crippen molar-refractivity contribution in [3.05, 3.63) is 59.5 Å². The van der Waals surface area contributed by atoms with Gasteiger partial charge in [0.25, 0.3) is 5.91 Å². The number of carbonyl (C=O) groups excluding carboxylic acids is 1. The molecule has 3 aromatic rings. The summed E-state index contributed by atoms with van der Waals surface area (Å²) in [6, 6.07) is 16.6. The second kappa shape index (κ2) is 6.50. The summed E-state index contributed by atoms with van der Waals surface area (Å²) in [4.78, 5) is 12.6. The van der Waals surface area contributed by atoms with Crippen LogP contribution in [0.2, 0.25) is 0 Å². The molecule has 2 aromatic carbocycles. The number of rotatable bonds is 5. The predicted molar refractivity (Wildman–Crippen MR) is 93.4 cm³/mol. The van der Waals surface area contributed by atoms with E-state index in [2.05, 4.69) is 5.32 Å². The third-order valence-corrected chi connectivity index (χ3v) is 4.34.